The Morgan fingerprint density at radius 2 is 1.93 bits per heavy atom. The second kappa shape index (κ2) is 8.93. The van der Waals surface area contributed by atoms with Gasteiger partial charge in [-0.2, -0.15) is 0 Å². The Balaban J connectivity index is 1.57. The molecule has 1 aromatic rings. The SMILES string of the molecule is CC1(C)[C@H]2C[C@H](C/C=C/CCCC(=O)O)[C@@H](NC(=O)Cc3ccccc3)[C@@H]1C2. The van der Waals surface area contributed by atoms with Crippen molar-refractivity contribution in [1.82, 2.24) is 5.32 Å². The number of unbranched alkanes of at least 4 members (excludes halogenated alkanes) is 1. The Morgan fingerprint density at radius 1 is 1.18 bits per heavy atom. The number of hydrogen-bond donors (Lipinski definition) is 2. The highest BCUT2D eigenvalue weighted by atomic mass is 16.4. The minimum absolute atomic E-state index is 0.118. The molecule has 3 aliphatic rings. The third-order valence-electron chi connectivity index (χ3n) is 6.98. The van der Waals surface area contributed by atoms with Crippen LogP contribution in [0.2, 0.25) is 0 Å². The first-order valence-corrected chi connectivity index (χ1v) is 10.6. The number of hydrogen-bond acceptors (Lipinski definition) is 2. The van der Waals surface area contributed by atoms with E-state index in [4.69, 9.17) is 5.11 Å². The van der Waals surface area contributed by atoms with Gasteiger partial charge in [-0.3, -0.25) is 9.59 Å². The van der Waals surface area contributed by atoms with E-state index in [1.165, 1.54) is 12.8 Å². The van der Waals surface area contributed by atoms with Gasteiger partial charge in [0, 0.05) is 12.5 Å². The van der Waals surface area contributed by atoms with Crippen LogP contribution in [-0.2, 0) is 16.0 Å². The zero-order valence-corrected chi connectivity index (χ0v) is 17.1. The minimum Gasteiger partial charge on any atom is -0.481 e. The van der Waals surface area contributed by atoms with Crippen LogP contribution in [-0.4, -0.2) is 23.0 Å². The third kappa shape index (κ3) is 4.84. The van der Waals surface area contributed by atoms with E-state index in [0.717, 1.165) is 24.3 Å². The molecular formula is C24H33NO3. The van der Waals surface area contributed by atoms with Gasteiger partial charge >= 0.3 is 5.97 Å². The van der Waals surface area contributed by atoms with Crippen LogP contribution in [0.25, 0.3) is 0 Å². The molecule has 0 aliphatic heterocycles. The first-order valence-electron chi connectivity index (χ1n) is 10.6. The molecule has 0 spiro atoms. The Bertz CT molecular complexity index is 710. The third-order valence-corrected chi connectivity index (χ3v) is 6.98. The molecule has 2 N–H and O–H groups in total. The predicted molar refractivity (Wildman–Crippen MR) is 111 cm³/mol. The molecular weight excluding hydrogens is 350 g/mol. The molecule has 0 saturated heterocycles. The molecule has 3 aliphatic carbocycles. The molecule has 3 fully saturated rings. The van der Waals surface area contributed by atoms with E-state index in [1.54, 1.807) is 0 Å². The lowest BCUT2D eigenvalue weighted by atomic mass is 9.44. The van der Waals surface area contributed by atoms with Gasteiger partial charge in [0.1, 0.15) is 0 Å². The van der Waals surface area contributed by atoms with Crippen LogP contribution in [0.5, 0.6) is 0 Å². The van der Waals surface area contributed by atoms with Gasteiger partial charge in [-0.15, -0.1) is 0 Å². The number of carbonyl (C=O) groups excluding carboxylic acids is 1. The number of rotatable bonds is 9. The molecule has 4 atom stereocenters. The first-order chi connectivity index (χ1) is 13.4. The van der Waals surface area contributed by atoms with E-state index >= 15 is 0 Å². The Labute approximate surface area is 168 Å². The van der Waals surface area contributed by atoms with Crippen molar-refractivity contribution in [2.24, 2.45) is 23.2 Å². The fraction of sp³-hybridized carbons (Fsp3) is 0.583. The van der Waals surface area contributed by atoms with Crippen molar-refractivity contribution in [3.63, 3.8) is 0 Å². The molecule has 0 unspecified atom stereocenters. The average Bonchev–Trinajstić information content (AvgIpc) is 2.65. The normalized spacial score (nSPS) is 27.9. The molecule has 4 heteroatoms. The quantitative estimate of drug-likeness (QED) is 0.484. The number of aliphatic carboxylic acids is 1. The van der Waals surface area contributed by atoms with Gasteiger partial charge in [-0.05, 0) is 60.8 Å². The van der Waals surface area contributed by atoms with Crippen molar-refractivity contribution in [3.05, 3.63) is 48.0 Å². The molecule has 1 aromatic carbocycles. The van der Waals surface area contributed by atoms with Crippen LogP contribution >= 0.6 is 0 Å². The molecule has 0 aromatic heterocycles. The van der Waals surface area contributed by atoms with Crippen molar-refractivity contribution >= 4 is 11.9 Å². The average molecular weight is 384 g/mol. The smallest absolute Gasteiger partial charge is 0.303 e. The van der Waals surface area contributed by atoms with Crippen molar-refractivity contribution in [3.8, 4) is 0 Å². The van der Waals surface area contributed by atoms with Crippen molar-refractivity contribution in [1.29, 1.82) is 0 Å². The number of amides is 1. The predicted octanol–water partition coefficient (Wildman–Crippen LogP) is 4.60. The number of carbonyl (C=O) groups is 2. The Morgan fingerprint density at radius 3 is 2.61 bits per heavy atom. The van der Waals surface area contributed by atoms with E-state index in [-0.39, 0.29) is 18.4 Å². The van der Waals surface area contributed by atoms with Gasteiger partial charge in [0.25, 0.3) is 0 Å². The maximum Gasteiger partial charge on any atom is 0.303 e. The van der Waals surface area contributed by atoms with E-state index in [2.05, 4.69) is 31.3 Å². The van der Waals surface area contributed by atoms with E-state index < -0.39 is 5.97 Å². The van der Waals surface area contributed by atoms with Crippen LogP contribution in [0.1, 0.15) is 57.9 Å². The summed E-state index contributed by atoms with van der Waals surface area (Å²) in [6.07, 6.45) is 9.82. The summed E-state index contributed by atoms with van der Waals surface area (Å²) in [5.74, 6) is 1.17. The number of fused-ring (bicyclic) bond motifs is 2. The Kier molecular flexibility index (Phi) is 6.58. The van der Waals surface area contributed by atoms with Gasteiger partial charge in [0.15, 0.2) is 0 Å². The topological polar surface area (TPSA) is 66.4 Å². The van der Waals surface area contributed by atoms with Crippen LogP contribution < -0.4 is 5.32 Å². The van der Waals surface area contributed by atoms with Crippen molar-refractivity contribution < 1.29 is 14.7 Å². The number of carboxylic acids is 1. The zero-order chi connectivity index (χ0) is 20.1. The minimum atomic E-state index is -0.732. The van der Waals surface area contributed by atoms with Gasteiger partial charge < -0.3 is 10.4 Å². The van der Waals surface area contributed by atoms with Gasteiger partial charge in [-0.25, -0.2) is 0 Å². The summed E-state index contributed by atoms with van der Waals surface area (Å²) < 4.78 is 0. The second-order valence-electron chi connectivity index (χ2n) is 9.11. The zero-order valence-electron chi connectivity index (χ0n) is 17.1. The van der Waals surface area contributed by atoms with Crippen LogP contribution in [0, 0.1) is 23.2 Å². The maximum atomic E-state index is 12.7. The molecule has 1 amide bonds. The summed E-state index contributed by atoms with van der Waals surface area (Å²) in [6.45, 7) is 4.69. The number of benzene rings is 1. The summed E-state index contributed by atoms with van der Waals surface area (Å²) in [4.78, 5) is 23.3. The van der Waals surface area contributed by atoms with Crippen LogP contribution in [0.3, 0.4) is 0 Å². The van der Waals surface area contributed by atoms with E-state index in [9.17, 15) is 9.59 Å². The molecule has 0 heterocycles. The second-order valence-corrected chi connectivity index (χ2v) is 9.11. The van der Waals surface area contributed by atoms with Gasteiger partial charge in [0.05, 0.1) is 6.42 Å². The lowest BCUT2D eigenvalue weighted by Gasteiger charge is -2.62. The van der Waals surface area contributed by atoms with Crippen LogP contribution in [0.4, 0.5) is 0 Å². The lowest BCUT2D eigenvalue weighted by Crippen LogP contribution is -2.63. The molecule has 0 radical (unpaired) electrons. The highest BCUT2D eigenvalue weighted by molar-refractivity contribution is 5.79. The number of nitrogens with one attached hydrogen (secondary N) is 1. The fourth-order valence-electron chi connectivity index (χ4n) is 5.15. The summed E-state index contributed by atoms with van der Waals surface area (Å²) in [5.41, 5.74) is 1.36. The van der Waals surface area contributed by atoms with Gasteiger partial charge in [0.2, 0.25) is 5.91 Å². The molecule has 3 saturated carbocycles. The van der Waals surface area contributed by atoms with Crippen molar-refractivity contribution in [2.45, 2.75) is 64.8 Å². The van der Waals surface area contributed by atoms with E-state index in [1.807, 2.05) is 30.3 Å². The molecule has 4 rings (SSSR count). The molecule has 28 heavy (non-hydrogen) atoms. The summed E-state index contributed by atoms with van der Waals surface area (Å²) >= 11 is 0. The largest absolute Gasteiger partial charge is 0.481 e. The summed E-state index contributed by atoms with van der Waals surface area (Å²) in [5, 5.41) is 12.1. The lowest BCUT2D eigenvalue weighted by molar-refractivity contribution is -0.137. The van der Waals surface area contributed by atoms with Gasteiger partial charge in [-0.1, -0.05) is 56.3 Å². The Hall–Kier alpha value is -2.10. The van der Waals surface area contributed by atoms with Crippen LogP contribution in [0.15, 0.2) is 42.5 Å². The van der Waals surface area contributed by atoms with Crippen molar-refractivity contribution in [2.75, 3.05) is 0 Å². The summed E-state index contributed by atoms with van der Waals surface area (Å²) in [6, 6.07) is 10.2. The monoisotopic (exact) mass is 383 g/mol. The summed E-state index contributed by atoms with van der Waals surface area (Å²) in [7, 11) is 0. The maximum absolute atomic E-state index is 12.7. The number of carboxylic acid groups (broad SMARTS) is 1. The standard InChI is InChI=1S/C24H33NO3/c1-24(2)19-15-18(12-8-3-4-9-13-22(27)28)23(20(24)16-19)25-21(26)14-17-10-6-5-7-11-17/h3,5-8,10-11,18-20,23H,4,9,12-16H2,1-2H3,(H,25,26)(H,27,28)/b8-3+/t18-,19-,20-,23+/m0/s1. The first kappa shape index (κ1) is 20.6. The molecule has 152 valence electrons. The molecule has 2 bridgehead atoms. The fourth-order valence-corrected chi connectivity index (χ4v) is 5.15. The highest BCUT2D eigenvalue weighted by Crippen LogP contribution is 2.61. The van der Waals surface area contributed by atoms with E-state index in [0.29, 0.717) is 30.1 Å². The molecule has 4 nitrogen and oxygen atoms in total. The number of allylic oxidation sites excluding steroid dienone is 2. The highest BCUT2D eigenvalue weighted by Gasteiger charge is 2.57.